The van der Waals surface area contributed by atoms with E-state index in [1.807, 2.05) is 27.7 Å². The highest BCUT2D eigenvalue weighted by Gasteiger charge is 2.46. The fraction of sp³-hybridized carbons (Fsp3) is 0.647. The zero-order valence-corrected chi connectivity index (χ0v) is 27.9. The predicted molar refractivity (Wildman–Crippen MR) is 172 cm³/mol. The Kier molecular flexibility index (Phi) is 9.86. The molecule has 0 bridgehead atoms. The Hall–Kier alpha value is -3.55. The summed E-state index contributed by atoms with van der Waals surface area (Å²) in [4.78, 5) is 40.7. The van der Waals surface area contributed by atoms with Crippen molar-refractivity contribution < 1.29 is 32.9 Å². The normalized spacial score (nSPS) is 24.8. The number of amides is 2. The number of ether oxygens (including phenoxy) is 4. The van der Waals surface area contributed by atoms with Gasteiger partial charge in [0.1, 0.15) is 23.5 Å². The maximum Gasteiger partial charge on any atom is 0.407 e. The number of nitrogens with one attached hydrogen (secondary N) is 1. The van der Waals surface area contributed by atoms with Crippen LogP contribution in [0.3, 0.4) is 0 Å². The Balaban J connectivity index is 1.00. The van der Waals surface area contributed by atoms with Crippen LogP contribution in [0.25, 0.3) is 0 Å². The Labute approximate surface area is 275 Å². The first kappa shape index (κ1) is 33.4. The summed E-state index contributed by atoms with van der Waals surface area (Å²) in [7, 11) is 0. The second kappa shape index (κ2) is 13.9. The molecule has 12 nitrogen and oxygen atoms in total. The highest BCUT2D eigenvalue weighted by molar-refractivity contribution is 5.97. The van der Waals surface area contributed by atoms with E-state index in [0.29, 0.717) is 37.9 Å². The van der Waals surface area contributed by atoms with E-state index >= 15 is 0 Å². The van der Waals surface area contributed by atoms with Crippen LogP contribution in [0.1, 0.15) is 63.7 Å². The van der Waals surface area contributed by atoms with E-state index in [0.717, 1.165) is 58.4 Å². The number of hydrogen-bond donors (Lipinski definition) is 1. The van der Waals surface area contributed by atoms with Gasteiger partial charge in [-0.05, 0) is 84.7 Å². The summed E-state index contributed by atoms with van der Waals surface area (Å²) in [5, 5.41) is 2.93. The molecule has 13 heteroatoms. The van der Waals surface area contributed by atoms with Crippen molar-refractivity contribution >= 4 is 17.8 Å². The number of likely N-dealkylation sites (tertiary alicyclic amines) is 1. The number of aromatic nitrogens is 2. The number of benzene rings is 1. The highest BCUT2D eigenvalue weighted by Crippen LogP contribution is 2.45. The van der Waals surface area contributed by atoms with Gasteiger partial charge in [-0.3, -0.25) is 4.79 Å². The minimum absolute atomic E-state index is 0.0223. The van der Waals surface area contributed by atoms with Gasteiger partial charge >= 0.3 is 6.09 Å². The van der Waals surface area contributed by atoms with Crippen molar-refractivity contribution in [3.8, 4) is 11.5 Å². The van der Waals surface area contributed by atoms with E-state index in [9.17, 15) is 14.0 Å². The first-order valence-corrected chi connectivity index (χ1v) is 16.7. The number of morpholine rings is 1. The van der Waals surface area contributed by atoms with Crippen LogP contribution >= 0.6 is 0 Å². The molecular weight excluding hydrogens is 607 g/mol. The van der Waals surface area contributed by atoms with Gasteiger partial charge in [0.2, 0.25) is 0 Å². The lowest BCUT2D eigenvalue weighted by Gasteiger charge is -2.54. The topological polar surface area (TPSA) is 119 Å². The summed E-state index contributed by atoms with van der Waals surface area (Å²) < 4.78 is 37.6. The van der Waals surface area contributed by atoms with Crippen molar-refractivity contribution in [2.24, 2.45) is 5.41 Å². The van der Waals surface area contributed by atoms with Gasteiger partial charge < -0.3 is 39.0 Å². The standard InChI is InChI=1S/C34H47FN6O6/c1-23-18-44-14-13-41(23)31(42)27-15-24(35)5-8-28(27)46-29-16-36-22-37-30(29)40-20-34(21-40)9-11-39(12-10-34)17-26-7-6-25(19-45-26)38-32(43)47-33(2,3)4/h5,8,15-16,22-23,25-26H,6-7,9-14,17-21H2,1-4H3,(H,38,43)/t23-,25+,26-/m0/s1. The fourth-order valence-electron chi connectivity index (χ4n) is 6.95. The maximum atomic E-state index is 14.3. The van der Waals surface area contributed by atoms with Crippen molar-refractivity contribution in [1.82, 2.24) is 25.1 Å². The Bertz CT molecular complexity index is 1410. The van der Waals surface area contributed by atoms with Crippen LogP contribution in [0.5, 0.6) is 11.5 Å². The van der Waals surface area contributed by atoms with Crippen LogP contribution in [-0.2, 0) is 14.2 Å². The van der Waals surface area contributed by atoms with Gasteiger partial charge in [-0.2, -0.15) is 0 Å². The molecule has 0 aliphatic carbocycles. The molecule has 256 valence electrons. The smallest absolute Gasteiger partial charge is 0.407 e. The van der Waals surface area contributed by atoms with Gasteiger partial charge in [0.05, 0.1) is 49.8 Å². The number of alkyl carbamates (subject to hydrolysis) is 1. The van der Waals surface area contributed by atoms with Gasteiger partial charge in [0, 0.05) is 31.6 Å². The molecule has 1 aromatic heterocycles. The fourth-order valence-corrected chi connectivity index (χ4v) is 6.95. The maximum absolute atomic E-state index is 14.3. The molecule has 4 saturated heterocycles. The first-order chi connectivity index (χ1) is 22.5. The molecule has 0 radical (unpaired) electrons. The molecule has 2 aromatic rings. The number of carbonyl (C=O) groups excluding carboxylic acids is 2. The molecule has 4 fully saturated rings. The molecule has 1 N–H and O–H groups in total. The van der Waals surface area contributed by atoms with Crippen molar-refractivity contribution in [3.05, 3.63) is 42.1 Å². The molecule has 6 rings (SSSR count). The quantitative estimate of drug-likeness (QED) is 0.465. The van der Waals surface area contributed by atoms with Gasteiger partial charge in [0.25, 0.3) is 5.91 Å². The van der Waals surface area contributed by atoms with Crippen LogP contribution < -0.4 is 15.0 Å². The minimum Gasteiger partial charge on any atom is -0.451 e. The summed E-state index contributed by atoms with van der Waals surface area (Å²) in [5.74, 6) is 0.576. The molecule has 47 heavy (non-hydrogen) atoms. The third-order valence-electron chi connectivity index (χ3n) is 9.50. The molecule has 4 aliphatic heterocycles. The number of rotatable bonds is 7. The third kappa shape index (κ3) is 8.13. The average molecular weight is 655 g/mol. The van der Waals surface area contributed by atoms with Crippen molar-refractivity contribution in [1.29, 1.82) is 0 Å². The van der Waals surface area contributed by atoms with E-state index in [-0.39, 0.29) is 40.8 Å². The van der Waals surface area contributed by atoms with E-state index in [1.54, 1.807) is 11.1 Å². The number of hydrogen-bond acceptors (Lipinski definition) is 10. The van der Waals surface area contributed by atoms with E-state index in [1.165, 1.54) is 24.5 Å². The van der Waals surface area contributed by atoms with Crippen LogP contribution in [0.4, 0.5) is 15.0 Å². The molecule has 0 unspecified atom stereocenters. The van der Waals surface area contributed by atoms with Gasteiger partial charge in [-0.15, -0.1) is 0 Å². The molecule has 1 spiro atoms. The lowest BCUT2D eigenvalue weighted by Crippen LogP contribution is -2.61. The summed E-state index contributed by atoms with van der Waals surface area (Å²) >= 11 is 0. The molecule has 4 aliphatic rings. The Morgan fingerprint density at radius 3 is 2.60 bits per heavy atom. The number of halogens is 1. The largest absolute Gasteiger partial charge is 0.451 e. The number of anilines is 1. The SMILES string of the molecule is C[C@H]1COCCN1C(=O)c1cc(F)ccc1Oc1cncnc1N1CC2(CCN(C[C@@H]3CC[C@@H](NC(=O)OC(C)(C)C)CO3)CC2)C1. The second-order valence-electron chi connectivity index (χ2n) is 14.4. The van der Waals surface area contributed by atoms with Gasteiger partial charge in [0.15, 0.2) is 11.6 Å². The molecular formula is C34H47FN6O6. The van der Waals surface area contributed by atoms with Crippen molar-refractivity contribution in [2.75, 3.05) is 64.0 Å². The molecule has 3 atom stereocenters. The van der Waals surface area contributed by atoms with Crippen LogP contribution in [0, 0.1) is 11.2 Å². The summed E-state index contributed by atoms with van der Waals surface area (Å²) in [6.45, 7) is 13.9. The van der Waals surface area contributed by atoms with Crippen LogP contribution in [0.15, 0.2) is 30.7 Å². The van der Waals surface area contributed by atoms with Gasteiger partial charge in [-0.25, -0.2) is 19.2 Å². The van der Waals surface area contributed by atoms with Crippen molar-refractivity contribution in [3.63, 3.8) is 0 Å². The molecule has 1 aromatic carbocycles. The predicted octanol–water partition coefficient (Wildman–Crippen LogP) is 4.24. The zero-order valence-electron chi connectivity index (χ0n) is 27.9. The minimum atomic E-state index is -0.520. The molecule has 2 amide bonds. The summed E-state index contributed by atoms with van der Waals surface area (Å²) in [5.41, 5.74) is -0.149. The highest BCUT2D eigenvalue weighted by atomic mass is 19.1. The second-order valence-corrected chi connectivity index (χ2v) is 14.4. The summed E-state index contributed by atoms with van der Waals surface area (Å²) in [6.07, 6.45) is 6.80. The zero-order chi connectivity index (χ0) is 33.2. The number of nitrogens with zero attached hydrogens (tertiary/aromatic N) is 5. The molecule has 5 heterocycles. The number of carbonyl (C=O) groups is 2. The monoisotopic (exact) mass is 654 g/mol. The molecule has 0 saturated carbocycles. The third-order valence-corrected chi connectivity index (χ3v) is 9.50. The Morgan fingerprint density at radius 1 is 1.11 bits per heavy atom. The lowest BCUT2D eigenvalue weighted by atomic mass is 9.72. The lowest BCUT2D eigenvalue weighted by molar-refractivity contribution is -0.0347. The van der Waals surface area contributed by atoms with Crippen LogP contribution in [0.2, 0.25) is 0 Å². The first-order valence-electron chi connectivity index (χ1n) is 16.7. The van der Waals surface area contributed by atoms with Crippen LogP contribution in [-0.4, -0.2) is 115 Å². The van der Waals surface area contributed by atoms with Crippen molar-refractivity contribution in [2.45, 2.75) is 77.2 Å². The number of piperidine rings is 1. The van der Waals surface area contributed by atoms with Gasteiger partial charge in [-0.1, -0.05) is 0 Å². The van der Waals surface area contributed by atoms with E-state index < -0.39 is 17.5 Å². The Morgan fingerprint density at radius 2 is 1.89 bits per heavy atom. The summed E-state index contributed by atoms with van der Waals surface area (Å²) in [6, 6.07) is 3.87. The van der Waals surface area contributed by atoms with E-state index in [4.69, 9.17) is 18.9 Å². The average Bonchev–Trinajstić information content (AvgIpc) is 3.01. The van der Waals surface area contributed by atoms with E-state index in [2.05, 4.69) is 25.1 Å².